The van der Waals surface area contributed by atoms with Gasteiger partial charge in [-0.1, -0.05) is 13.5 Å². The first-order valence-corrected chi connectivity index (χ1v) is 4.71. The van der Waals surface area contributed by atoms with Gasteiger partial charge in [0.2, 0.25) is 0 Å². The molecule has 2 N–H and O–H groups in total. The lowest BCUT2D eigenvalue weighted by molar-refractivity contribution is -0.138. The summed E-state index contributed by atoms with van der Waals surface area (Å²) in [5.41, 5.74) is 0.462. The summed E-state index contributed by atoms with van der Waals surface area (Å²) in [5.74, 6) is -0.295. The average molecular weight is 189 g/mol. The van der Waals surface area contributed by atoms with Crippen molar-refractivity contribution in [2.24, 2.45) is 5.40 Å². The van der Waals surface area contributed by atoms with E-state index in [1.54, 1.807) is 6.92 Å². The summed E-state index contributed by atoms with van der Waals surface area (Å²) in [5, 5.41) is 4.38. The lowest BCUT2D eigenvalue weighted by Crippen LogP contribution is -2.04. The van der Waals surface area contributed by atoms with Gasteiger partial charge in [-0.2, -0.15) is 0 Å². The van der Waals surface area contributed by atoms with Crippen molar-refractivity contribution < 1.29 is 14.0 Å². The van der Waals surface area contributed by atoms with Crippen LogP contribution in [0.2, 0.25) is 0 Å². The third-order valence-electron chi connectivity index (χ3n) is 0.786. The summed E-state index contributed by atoms with van der Waals surface area (Å²) in [6, 6.07) is 0. The number of rotatable bonds is 3. The van der Waals surface area contributed by atoms with Crippen LogP contribution in [0.15, 0.2) is 12.2 Å². The van der Waals surface area contributed by atoms with Crippen molar-refractivity contribution in [3.05, 3.63) is 12.2 Å². The zero-order chi connectivity index (χ0) is 9.98. The van der Waals surface area contributed by atoms with Crippen molar-refractivity contribution >= 4 is 15.5 Å². The number of carbonyl (C=O) groups excluding carboxylic acids is 1. The third-order valence-corrected chi connectivity index (χ3v) is 0.786. The molecule has 0 bridgehead atoms. The molecule has 0 fully saturated rings. The molecule has 70 valence electrons. The van der Waals surface area contributed by atoms with E-state index in [9.17, 15) is 4.79 Å². The van der Waals surface area contributed by atoms with Gasteiger partial charge < -0.3 is 14.6 Å². The van der Waals surface area contributed by atoms with Gasteiger partial charge >= 0.3 is 15.5 Å². The van der Waals surface area contributed by atoms with Crippen LogP contribution in [0, 0.1) is 0 Å². The van der Waals surface area contributed by atoms with Gasteiger partial charge in [0.25, 0.3) is 0 Å². The van der Waals surface area contributed by atoms with Crippen molar-refractivity contribution in [3.63, 3.8) is 0 Å². The zero-order valence-corrected chi connectivity index (χ0v) is 8.66. The molecule has 0 heterocycles. The van der Waals surface area contributed by atoms with Crippen molar-refractivity contribution in [1.29, 1.82) is 0 Å². The first-order chi connectivity index (χ1) is 5.59. The molecule has 0 saturated carbocycles. The van der Waals surface area contributed by atoms with E-state index in [0.717, 1.165) is 6.42 Å². The molecule has 0 spiro atoms. The van der Waals surface area contributed by atoms with Crippen molar-refractivity contribution in [3.8, 4) is 0 Å². The fraction of sp³-hybridized carbons (Fsp3) is 0.571. The summed E-state index contributed by atoms with van der Waals surface area (Å²) >= 11 is 0. The van der Waals surface area contributed by atoms with Crippen LogP contribution in [0.4, 0.5) is 0 Å². The van der Waals surface area contributed by atoms with Crippen LogP contribution in [-0.4, -0.2) is 22.1 Å². The Labute approximate surface area is 74.7 Å². The molecule has 0 aromatic rings. The Kier molecular flexibility index (Phi) is 11.4. The van der Waals surface area contributed by atoms with Crippen molar-refractivity contribution in [1.82, 2.24) is 0 Å². The van der Waals surface area contributed by atoms with Crippen LogP contribution < -0.4 is 5.40 Å². The molecule has 4 nitrogen and oxygen atoms in total. The summed E-state index contributed by atoms with van der Waals surface area (Å²) in [6.45, 7) is 7.51. The van der Waals surface area contributed by atoms with Gasteiger partial charge in [-0.05, 0) is 13.3 Å². The van der Waals surface area contributed by atoms with E-state index in [2.05, 4.69) is 12.0 Å². The Morgan fingerprint density at radius 2 is 2.08 bits per heavy atom. The van der Waals surface area contributed by atoms with Gasteiger partial charge in [0, 0.05) is 5.57 Å². The van der Waals surface area contributed by atoms with Crippen molar-refractivity contribution in [2.75, 3.05) is 6.61 Å². The predicted molar refractivity (Wildman–Crippen MR) is 48.1 cm³/mol. The minimum atomic E-state index is -1.00. The highest BCUT2D eigenvalue weighted by Crippen LogP contribution is 1.91. The summed E-state index contributed by atoms with van der Waals surface area (Å²) in [4.78, 5) is 10.6. The van der Waals surface area contributed by atoms with E-state index in [0.29, 0.717) is 12.2 Å². The maximum absolute atomic E-state index is 10.6. The smallest absolute Gasteiger partial charge is 0.374 e. The maximum atomic E-state index is 10.6. The van der Waals surface area contributed by atoms with Crippen LogP contribution in [-0.2, 0) is 14.0 Å². The minimum absolute atomic E-state index is 0.295. The SMILES string of the molecule is C=C(C)C(=O)OCCC.N[SiH]=O. The average Bonchev–Trinajstić information content (AvgIpc) is 2.01. The fourth-order valence-corrected chi connectivity index (χ4v) is 0.318. The second kappa shape index (κ2) is 10.0. The van der Waals surface area contributed by atoms with E-state index in [1.807, 2.05) is 6.92 Å². The molecule has 0 aliphatic carbocycles. The Morgan fingerprint density at radius 1 is 1.67 bits per heavy atom. The van der Waals surface area contributed by atoms with Crippen LogP contribution in [0.3, 0.4) is 0 Å². The Morgan fingerprint density at radius 3 is 2.33 bits per heavy atom. The standard InChI is InChI=1S/C7H12O2.H3NOSi/c1-4-5-9-7(8)6(2)3;1-3-2/h2,4-5H2,1,3H3;3H,1H2. The largest absolute Gasteiger partial charge is 0.462 e. The van der Waals surface area contributed by atoms with Gasteiger partial charge in [0.15, 0.2) is 0 Å². The van der Waals surface area contributed by atoms with Gasteiger partial charge in [0.1, 0.15) is 0 Å². The van der Waals surface area contributed by atoms with Crippen LogP contribution in [0.5, 0.6) is 0 Å². The van der Waals surface area contributed by atoms with Crippen LogP contribution >= 0.6 is 0 Å². The molecular weight excluding hydrogens is 174 g/mol. The number of ether oxygens (including phenoxy) is 1. The normalized spacial score (nSPS) is 7.50. The number of hydrogen-bond acceptors (Lipinski definition) is 3. The van der Waals surface area contributed by atoms with Gasteiger partial charge in [-0.25, -0.2) is 4.79 Å². The van der Waals surface area contributed by atoms with E-state index < -0.39 is 9.57 Å². The first kappa shape index (κ1) is 13.6. The fourth-order valence-electron chi connectivity index (χ4n) is 0.318. The lowest BCUT2D eigenvalue weighted by atomic mass is 10.4. The highest BCUT2D eigenvalue weighted by molar-refractivity contribution is 6.11. The zero-order valence-electron chi connectivity index (χ0n) is 7.50. The van der Waals surface area contributed by atoms with Crippen LogP contribution in [0.25, 0.3) is 0 Å². The van der Waals surface area contributed by atoms with E-state index in [4.69, 9.17) is 9.20 Å². The predicted octanol–water partition coefficient (Wildman–Crippen LogP) is 0.158. The number of hydrogen-bond donors (Lipinski definition) is 1. The molecule has 0 saturated heterocycles. The summed E-state index contributed by atoms with van der Waals surface area (Å²) < 4.78 is 13.5. The third kappa shape index (κ3) is 11.8. The Balaban J connectivity index is 0. The van der Waals surface area contributed by atoms with Gasteiger partial charge in [-0.15, -0.1) is 0 Å². The minimum Gasteiger partial charge on any atom is -0.462 e. The van der Waals surface area contributed by atoms with Gasteiger partial charge in [-0.3, -0.25) is 0 Å². The molecule has 0 aromatic heterocycles. The number of nitrogens with two attached hydrogens (primary N) is 1. The lowest BCUT2D eigenvalue weighted by Gasteiger charge is -1.99. The number of esters is 1. The topological polar surface area (TPSA) is 69.4 Å². The molecule has 12 heavy (non-hydrogen) atoms. The van der Waals surface area contributed by atoms with Crippen molar-refractivity contribution in [2.45, 2.75) is 20.3 Å². The highest BCUT2D eigenvalue weighted by Gasteiger charge is 1.99. The highest BCUT2D eigenvalue weighted by atomic mass is 28.2. The monoisotopic (exact) mass is 189 g/mol. The molecule has 0 atom stereocenters. The molecule has 0 aliphatic rings. The van der Waals surface area contributed by atoms with E-state index >= 15 is 0 Å². The second-order valence-electron chi connectivity index (χ2n) is 2.05. The molecule has 0 aromatic carbocycles. The molecule has 0 amide bonds. The molecular formula is C7H15NO3Si. The molecule has 0 radical (unpaired) electrons. The van der Waals surface area contributed by atoms with E-state index in [1.165, 1.54) is 0 Å². The number of carbonyl (C=O) groups is 1. The summed E-state index contributed by atoms with van der Waals surface area (Å²) in [7, 11) is -1.00. The maximum Gasteiger partial charge on any atom is 0.374 e. The molecule has 0 unspecified atom stereocenters. The second-order valence-corrected chi connectivity index (χ2v) is 2.32. The Hall–Kier alpha value is -0.973. The molecule has 0 rings (SSSR count). The quantitative estimate of drug-likeness (QED) is 0.390. The first-order valence-electron chi connectivity index (χ1n) is 3.58. The van der Waals surface area contributed by atoms with Gasteiger partial charge in [0.05, 0.1) is 6.61 Å². The van der Waals surface area contributed by atoms with Crippen LogP contribution in [0.1, 0.15) is 20.3 Å². The molecule has 5 heteroatoms. The Bertz CT molecular complexity index is 159. The molecule has 0 aliphatic heterocycles. The van der Waals surface area contributed by atoms with E-state index in [-0.39, 0.29) is 5.97 Å². The summed E-state index contributed by atoms with van der Waals surface area (Å²) in [6.07, 6.45) is 0.860.